The molecule has 0 spiro atoms. The molecule has 1 fully saturated rings. The average Bonchev–Trinajstić information content (AvgIpc) is 3.07. The Labute approximate surface area is 130 Å². The Morgan fingerprint density at radius 3 is 2.90 bits per heavy atom. The lowest BCUT2D eigenvalue weighted by molar-refractivity contribution is -0.120. The van der Waals surface area contributed by atoms with Crippen molar-refractivity contribution in [1.29, 1.82) is 0 Å². The fraction of sp³-hybridized carbons (Fsp3) is 0.286. The second kappa shape index (κ2) is 5.72. The van der Waals surface area contributed by atoms with Crippen molar-refractivity contribution in [2.24, 2.45) is 0 Å². The third-order valence-electron chi connectivity index (χ3n) is 3.00. The summed E-state index contributed by atoms with van der Waals surface area (Å²) < 4.78 is 0. The number of hydrogen-bond acceptors (Lipinski definition) is 3. The van der Waals surface area contributed by atoms with Crippen LogP contribution in [0.4, 0.5) is 0 Å². The Kier molecular flexibility index (Phi) is 3.96. The maximum atomic E-state index is 11.7. The van der Waals surface area contributed by atoms with Gasteiger partial charge in [0.2, 0.25) is 5.91 Å². The number of carbonyl (C=O) groups excluding carboxylic acids is 1. The summed E-state index contributed by atoms with van der Waals surface area (Å²) in [5.74, 6) is 0.0338. The van der Waals surface area contributed by atoms with Crippen LogP contribution in [0, 0.1) is 0 Å². The minimum Gasteiger partial charge on any atom is -0.353 e. The highest BCUT2D eigenvalue weighted by Crippen LogP contribution is 2.32. The van der Waals surface area contributed by atoms with E-state index in [0.717, 1.165) is 29.1 Å². The molecule has 2 aromatic rings. The lowest BCUT2D eigenvalue weighted by Gasteiger charge is -2.01. The Balaban J connectivity index is 1.73. The first-order chi connectivity index (χ1) is 9.61. The molecule has 3 rings (SSSR count). The number of nitrogens with zero attached hydrogens (tertiary/aromatic N) is 1. The molecule has 1 aliphatic carbocycles. The van der Waals surface area contributed by atoms with Gasteiger partial charge in [0.15, 0.2) is 0 Å². The molecule has 1 saturated carbocycles. The van der Waals surface area contributed by atoms with E-state index in [4.69, 9.17) is 23.2 Å². The molecule has 0 aliphatic heterocycles. The van der Waals surface area contributed by atoms with Crippen molar-refractivity contribution in [2.75, 3.05) is 0 Å². The van der Waals surface area contributed by atoms with Gasteiger partial charge < -0.3 is 5.32 Å². The van der Waals surface area contributed by atoms with Gasteiger partial charge in [0.25, 0.3) is 0 Å². The second-order valence-electron chi connectivity index (χ2n) is 4.79. The van der Waals surface area contributed by atoms with Crippen LogP contribution >= 0.6 is 34.5 Å². The van der Waals surface area contributed by atoms with Crippen molar-refractivity contribution in [3.8, 4) is 10.6 Å². The van der Waals surface area contributed by atoms with Crippen LogP contribution in [0.3, 0.4) is 0 Å². The zero-order valence-electron chi connectivity index (χ0n) is 10.5. The molecule has 0 saturated heterocycles. The third-order valence-corrected chi connectivity index (χ3v) is 4.47. The quantitative estimate of drug-likeness (QED) is 0.924. The van der Waals surface area contributed by atoms with Gasteiger partial charge in [-0.15, -0.1) is 11.3 Å². The zero-order chi connectivity index (χ0) is 14.1. The number of aromatic nitrogens is 1. The van der Waals surface area contributed by atoms with Gasteiger partial charge in [0, 0.05) is 22.0 Å². The summed E-state index contributed by atoms with van der Waals surface area (Å²) in [5.41, 5.74) is 1.61. The van der Waals surface area contributed by atoms with Crippen LogP contribution in [0.1, 0.15) is 18.5 Å². The van der Waals surface area contributed by atoms with E-state index < -0.39 is 0 Å². The Hall–Kier alpha value is -1.10. The van der Waals surface area contributed by atoms with Crippen LogP contribution < -0.4 is 5.32 Å². The zero-order valence-corrected chi connectivity index (χ0v) is 12.9. The van der Waals surface area contributed by atoms with E-state index in [2.05, 4.69) is 10.3 Å². The maximum absolute atomic E-state index is 11.7. The lowest BCUT2D eigenvalue weighted by atomic mass is 10.2. The average molecular weight is 327 g/mol. The standard InChI is InChI=1S/C14H12Cl2N2OS/c15-8-1-4-11(12(16)5-8)14-18-10(7-20-14)6-13(19)17-9-2-3-9/h1,4-5,7,9H,2-3,6H2,(H,17,19). The SMILES string of the molecule is O=C(Cc1csc(-c2ccc(Cl)cc2Cl)n1)NC1CC1. The topological polar surface area (TPSA) is 42.0 Å². The van der Waals surface area contributed by atoms with Crippen molar-refractivity contribution in [3.63, 3.8) is 0 Å². The van der Waals surface area contributed by atoms with E-state index in [-0.39, 0.29) is 5.91 Å². The van der Waals surface area contributed by atoms with E-state index in [9.17, 15) is 4.79 Å². The fourth-order valence-corrected chi connectivity index (χ4v) is 3.26. The molecule has 1 aromatic carbocycles. The molecule has 0 unspecified atom stereocenters. The van der Waals surface area contributed by atoms with E-state index >= 15 is 0 Å². The first-order valence-corrected chi connectivity index (χ1v) is 7.94. The molecular weight excluding hydrogens is 315 g/mol. The number of thiazole rings is 1. The number of rotatable bonds is 4. The molecule has 3 nitrogen and oxygen atoms in total. The Morgan fingerprint density at radius 2 is 2.20 bits per heavy atom. The maximum Gasteiger partial charge on any atom is 0.226 e. The number of carbonyl (C=O) groups is 1. The van der Waals surface area contributed by atoms with Crippen LogP contribution in [-0.2, 0) is 11.2 Å². The van der Waals surface area contributed by atoms with E-state index in [0.29, 0.717) is 22.5 Å². The molecule has 1 heterocycles. The summed E-state index contributed by atoms with van der Waals surface area (Å²) >= 11 is 13.5. The molecule has 0 atom stereocenters. The van der Waals surface area contributed by atoms with E-state index in [1.165, 1.54) is 11.3 Å². The van der Waals surface area contributed by atoms with Crippen molar-refractivity contribution in [3.05, 3.63) is 39.3 Å². The molecule has 104 valence electrons. The van der Waals surface area contributed by atoms with Gasteiger partial charge in [-0.2, -0.15) is 0 Å². The molecule has 1 amide bonds. The molecule has 1 aromatic heterocycles. The van der Waals surface area contributed by atoms with Gasteiger partial charge in [0.05, 0.1) is 17.1 Å². The molecule has 0 bridgehead atoms. The summed E-state index contributed by atoms with van der Waals surface area (Å²) in [4.78, 5) is 16.2. The van der Waals surface area contributed by atoms with Crippen LogP contribution in [0.2, 0.25) is 10.0 Å². The summed E-state index contributed by atoms with van der Waals surface area (Å²) in [5, 5.41) is 6.82. The van der Waals surface area contributed by atoms with Crippen molar-refractivity contribution in [2.45, 2.75) is 25.3 Å². The van der Waals surface area contributed by atoms with Gasteiger partial charge in [-0.05, 0) is 31.0 Å². The Morgan fingerprint density at radius 1 is 1.40 bits per heavy atom. The smallest absolute Gasteiger partial charge is 0.226 e. The summed E-state index contributed by atoms with van der Waals surface area (Å²) in [6, 6.07) is 5.70. The number of halogens is 2. The van der Waals surface area contributed by atoms with Crippen LogP contribution in [0.15, 0.2) is 23.6 Å². The largest absolute Gasteiger partial charge is 0.353 e. The number of amides is 1. The van der Waals surface area contributed by atoms with Gasteiger partial charge in [-0.1, -0.05) is 23.2 Å². The predicted octanol–water partition coefficient (Wildman–Crippen LogP) is 3.94. The fourth-order valence-electron chi connectivity index (χ4n) is 1.85. The minimum absolute atomic E-state index is 0.0338. The summed E-state index contributed by atoms with van der Waals surface area (Å²) in [7, 11) is 0. The van der Waals surface area contributed by atoms with Crippen molar-refractivity contribution in [1.82, 2.24) is 10.3 Å². The number of benzene rings is 1. The van der Waals surface area contributed by atoms with E-state index in [1.807, 2.05) is 11.4 Å². The highest BCUT2D eigenvalue weighted by atomic mass is 35.5. The molecule has 1 N–H and O–H groups in total. The second-order valence-corrected chi connectivity index (χ2v) is 6.49. The van der Waals surface area contributed by atoms with Crippen LogP contribution in [0.25, 0.3) is 10.6 Å². The first-order valence-electron chi connectivity index (χ1n) is 6.31. The highest BCUT2D eigenvalue weighted by Gasteiger charge is 2.23. The third kappa shape index (κ3) is 3.32. The number of nitrogens with one attached hydrogen (secondary N) is 1. The lowest BCUT2D eigenvalue weighted by Crippen LogP contribution is -2.27. The molecular formula is C14H12Cl2N2OS. The molecule has 0 radical (unpaired) electrons. The van der Waals surface area contributed by atoms with Crippen molar-refractivity contribution < 1.29 is 4.79 Å². The van der Waals surface area contributed by atoms with Crippen LogP contribution in [-0.4, -0.2) is 16.9 Å². The van der Waals surface area contributed by atoms with Crippen LogP contribution in [0.5, 0.6) is 0 Å². The highest BCUT2D eigenvalue weighted by molar-refractivity contribution is 7.13. The predicted molar refractivity (Wildman–Crippen MR) is 82.4 cm³/mol. The van der Waals surface area contributed by atoms with E-state index in [1.54, 1.807) is 12.1 Å². The molecule has 20 heavy (non-hydrogen) atoms. The monoisotopic (exact) mass is 326 g/mol. The van der Waals surface area contributed by atoms with Gasteiger partial charge in [0.1, 0.15) is 5.01 Å². The summed E-state index contributed by atoms with van der Waals surface area (Å²) in [6.45, 7) is 0. The first kappa shape index (κ1) is 13.9. The minimum atomic E-state index is 0.0338. The molecule has 1 aliphatic rings. The number of hydrogen-bond donors (Lipinski definition) is 1. The Bertz CT molecular complexity index is 652. The van der Waals surface area contributed by atoms with Gasteiger partial charge >= 0.3 is 0 Å². The van der Waals surface area contributed by atoms with Gasteiger partial charge in [-0.3, -0.25) is 4.79 Å². The van der Waals surface area contributed by atoms with Crippen molar-refractivity contribution >= 4 is 40.4 Å². The normalized spacial score (nSPS) is 14.3. The molecule has 6 heteroatoms. The van der Waals surface area contributed by atoms with Gasteiger partial charge in [-0.25, -0.2) is 4.98 Å². The summed E-state index contributed by atoms with van der Waals surface area (Å²) in [6.07, 6.45) is 2.50.